The third-order valence-corrected chi connectivity index (χ3v) is 7.50. The molecule has 224 valence electrons. The van der Waals surface area contributed by atoms with Crippen LogP contribution >= 0.6 is 23.2 Å². The summed E-state index contributed by atoms with van der Waals surface area (Å²) in [4.78, 5) is 25.6. The summed E-state index contributed by atoms with van der Waals surface area (Å²) in [6, 6.07) is 12.5. The van der Waals surface area contributed by atoms with Gasteiger partial charge in [-0.05, 0) is 37.3 Å². The summed E-state index contributed by atoms with van der Waals surface area (Å²) >= 11 is 12.3. The van der Waals surface area contributed by atoms with Gasteiger partial charge in [-0.3, -0.25) is 9.58 Å². The van der Waals surface area contributed by atoms with E-state index in [-0.39, 0.29) is 49.1 Å². The van der Waals surface area contributed by atoms with Crippen LogP contribution in [0.1, 0.15) is 21.5 Å². The number of nitrogens with zero attached hydrogens (tertiary/aromatic N) is 3. The van der Waals surface area contributed by atoms with Crippen LogP contribution in [0.3, 0.4) is 0 Å². The lowest BCUT2D eigenvalue weighted by molar-refractivity contribution is 0.0696. The number of rotatable bonds is 8. The number of aliphatic hydroxyl groups excluding tert-OH is 1. The lowest BCUT2D eigenvalue weighted by Gasteiger charge is -2.23. The SMILES string of the molecule is Cc1c(Cl)cccc1OCCOC(=O)N1CC(O)COc2c(-c3cnn(Cc4c(F)cc(C(=O)O)cc4Cl)c3)cccc21. The van der Waals surface area contributed by atoms with Gasteiger partial charge in [0.15, 0.2) is 5.75 Å². The summed E-state index contributed by atoms with van der Waals surface area (Å²) in [5.74, 6) is -1.14. The number of hydrogen-bond donors (Lipinski definition) is 2. The third kappa shape index (κ3) is 6.69. The summed E-state index contributed by atoms with van der Waals surface area (Å²) in [6.45, 7) is 1.67. The number of hydrogen-bond acceptors (Lipinski definition) is 7. The summed E-state index contributed by atoms with van der Waals surface area (Å²) in [7, 11) is 0. The number of carboxylic acid groups (broad SMARTS) is 1. The minimum atomic E-state index is -1.29. The Labute approximate surface area is 255 Å². The molecule has 4 aromatic rings. The predicted molar refractivity (Wildman–Crippen MR) is 157 cm³/mol. The van der Waals surface area contributed by atoms with Crippen molar-refractivity contribution in [2.75, 3.05) is 31.3 Å². The lowest BCUT2D eigenvalue weighted by Crippen LogP contribution is -2.38. The second-order valence-corrected chi connectivity index (χ2v) is 10.5. The predicted octanol–water partition coefficient (Wildman–Crippen LogP) is 5.83. The highest BCUT2D eigenvalue weighted by Crippen LogP contribution is 2.40. The number of β-amino-alcohol motifs (C(OH)–C–C–N with tert-alkyl or cyclic N) is 1. The Balaban J connectivity index is 1.33. The highest BCUT2D eigenvalue weighted by Gasteiger charge is 2.29. The first-order valence-electron chi connectivity index (χ1n) is 13.1. The van der Waals surface area contributed by atoms with Crippen molar-refractivity contribution in [1.29, 1.82) is 0 Å². The van der Waals surface area contributed by atoms with Gasteiger partial charge in [0.25, 0.3) is 0 Å². The first kappa shape index (κ1) is 30.1. The van der Waals surface area contributed by atoms with E-state index in [1.54, 1.807) is 42.6 Å². The van der Waals surface area contributed by atoms with E-state index in [0.29, 0.717) is 33.3 Å². The first-order chi connectivity index (χ1) is 20.6. The van der Waals surface area contributed by atoms with Gasteiger partial charge >= 0.3 is 12.1 Å². The normalized spacial score (nSPS) is 14.4. The van der Waals surface area contributed by atoms with E-state index >= 15 is 0 Å². The number of benzene rings is 3. The zero-order valence-electron chi connectivity index (χ0n) is 22.8. The van der Waals surface area contributed by atoms with Gasteiger partial charge < -0.3 is 24.4 Å². The molecule has 0 fully saturated rings. The number of para-hydroxylation sites is 1. The fraction of sp³-hybridized carbons (Fsp3) is 0.233. The number of carboxylic acids is 1. The van der Waals surface area contributed by atoms with Crippen LogP contribution in [0.2, 0.25) is 10.0 Å². The molecule has 1 aromatic heterocycles. The summed E-state index contributed by atoms with van der Waals surface area (Å²) < 4.78 is 33.2. The molecule has 0 bridgehead atoms. The van der Waals surface area contributed by atoms with Crippen molar-refractivity contribution in [2.24, 2.45) is 0 Å². The molecule has 1 amide bonds. The maximum absolute atomic E-state index is 14.6. The zero-order valence-corrected chi connectivity index (χ0v) is 24.3. The van der Waals surface area contributed by atoms with Crippen molar-refractivity contribution < 1.29 is 38.4 Å². The van der Waals surface area contributed by atoms with Gasteiger partial charge in [0.05, 0.1) is 30.5 Å². The number of amides is 1. The lowest BCUT2D eigenvalue weighted by atomic mass is 10.1. The molecule has 1 aliphatic heterocycles. The largest absolute Gasteiger partial charge is 0.490 e. The smallest absolute Gasteiger partial charge is 0.414 e. The Bertz CT molecular complexity index is 1660. The van der Waals surface area contributed by atoms with Crippen LogP contribution in [-0.2, 0) is 11.3 Å². The minimum Gasteiger partial charge on any atom is -0.490 e. The maximum atomic E-state index is 14.6. The van der Waals surface area contributed by atoms with Crippen molar-refractivity contribution in [3.8, 4) is 22.6 Å². The monoisotopic (exact) mass is 629 g/mol. The molecule has 0 aliphatic carbocycles. The number of ether oxygens (including phenoxy) is 3. The number of aliphatic hydroxyl groups is 1. The van der Waals surface area contributed by atoms with E-state index in [4.69, 9.17) is 42.5 Å². The van der Waals surface area contributed by atoms with Crippen molar-refractivity contribution in [1.82, 2.24) is 9.78 Å². The van der Waals surface area contributed by atoms with Gasteiger partial charge in [-0.1, -0.05) is 41.4 Å². The van der Waals surface area contributed by atoms with E-state index < -0.39 is 24.0 Å². The van der Waals surface area contributed by atoms with E-state index in [9.17, 15) is 19.1 Å². The number of halogens is 3. The van der Waals surface area contributed by atoms with Crippen molar-refractivity contribution >= 4 is 41.0 Å². The van der Waals surface area contributed by atoms with Gasteiger partial charge in [-0.25, -0.2) is 14.0 Å². The van der Waals surface area contributed by atoms with Crippen molar-refractivity contribution in [3.05, 3.63) is 93.5 Å². The van der Waals surface area contributed by atoms with Gasteiger partial charge in [-0.15, -0.1) is 0 Å². The summed E-state index contributed by atoms with van der Waals surface area (Å²) in [5.41, 5.74) is 2.14. The standard InChI is InChI=1S/C30H26Cl2FN3O7/c1-17-23(31)5-3-7-27(17)41-8-9-42-30(40)36-14-20(37)16-43-28-21(4-2-6-26(28)36)19-12-34-35(13-19)15-22-24(32)10-18(29(38)39)11-25(22)33/h2-7,10-13,20,37H,8-9,14-16H2,1H3,(H,38,39). The quantitative estimate of drug-likeness (QED) is 0.234. The molecule has 0 saturated heterocycles. The van der Waals surface area contributed by atoms with E-state index in [2.05, 4.69) is 5.10 Å². The van der Waals surface area contributed by atoms with Gasteiger partial charge in [0.1, 0.15) is 37.5 Å². The summed E-state index contributed by atoms with van der Waals surface area (Å²) in [6.07, 6.45) is 1.49. The molecule has 1 unspecified atom stereocenters. The minimum absolute atomic E-state index is 0.0393. The Morgan fingerprint density at radius 1 is 1.14 bits per heavy atom. The molecule has 3 aromatic carbocycles. The number of carbonyl (C=O) groups is 2. The van der Waals surface area contributed by atoms with Crippen LogP contribution in [0.4, 0.5) is 14.9 Å². The summed E-state index contributed by atoms with van der Waals surface area (Å²) in [5, 5.41) is 24.4. The number of fused-ring (bicyclic) bond motifs is 1. The van der Waals surface area contributed by atoms with Crippen molar-refractivity contribution in [2.45, 2.75) is 19.6 Å². The second kappa shape index (κ2) is 12.9. The van der Waals surface area contributed by atoms with E-state index in [1.165, 1.54) is 21.8 Å². The molecule has 0 spiro atoms. The van der Waals surface area contributed by atoms with Crippen LogP contribution in [0, 0.1) is 12.7 Å². The number of aromatic carboxylic acids is 1. The molecular weight excluding hydrogens is 604 g/mol. The Hall–Kier alpha value is -4.32. The van der Waals surface area contributed by atoms with Crippen LogP contribution in [0.15, 0.2) is 60.9 Å². The number of carbonyl (C=O) groups excluding carboxylic acids is 1. The number of anilines is 1. The molecule has 0 saturated carbocycles. The van der Waals surface area contributed by atoms with Crippen LogP contribution < -0.4 is 14.4 Å². The third-order valence-electron chi connectivity index (χ3n) is 6.76. The second-order valence-electron chi connectivity index (χ2n) is 9.71. The molecule has 1 atom stereocenters. The van der Waals surface area contributed by atoms with Gasteiger partial charge in [0, 0.05) is 38.5 Å². The molecule has 0 radical (unpaired) electrons. The molecule has 5 rings (SSSR count). The first-order valence-corrected chi connectivity index (χ1v) is 13.9. The zero-order chi connectivity index (χ0) is 30.7. The molecule has 10 nitrogen and oxygen atoms in total. The Morgan fingerprint density at radius 3 is 2.70 bits per heavy atom. The Morgan fingerprint density at radius 2 is 1.93 bits per heavy atom. The van der Waals surface area contributed by atoms with Crippen LogP contribution in [-0.4, -0.2) is 64.5 Å². The molecule has 2 N–H and O–H groups in total. The van der Waals surface area contributed by atoms with Gasteiger partial charge in [-0.2, -0.15) is 5.10 Å². The highest BCUT2D eigenvalue weighted by molar-refractivity contribution is 6.32. The highest BCUT2D eigenvalue weighted by atomic mass is 35.5. The molecule has 13 heteroatoms. The Kier molecular flexibility index (Phi) is 9.05. The van der Waals surface area contributed by atoms with Crippen molar-refractivity contribution in [3.63, 3.8) is 0 Å². The fourth-order valence-corrected chi connectivity index (χ4v) is 5.00. The maximum Gasteiger partial charge on any atom is 0.414 e. The topological polar surface area (TPSA) is 123 Å². The average Bonchev–Trinajstić information content (AvgIpc) is 3.37. The van der Waals surface area contributed by atoms with E-state index in [0.717, 1.165) is 11.6 Å². The van der Waals surface area contributed by atoms with Crippen LogP contribution in [0.5, 0.6) is 11.5 Å². The fourth-order valence-electron chi connectivity index (χ4n) is 4.56. The van der Waals surface area contributed by atoms with E-state index in [1.807, 2.05) is 6.92 Å². The molecule has 1 aliphatic rings. The molecular formula is C30H26Cl2FN3O7. The molecule has 43 heavy (non-hydrogen) atoms. The molecule has 2 heterocycles. The van der Waals surface area contributed by atoms with Crippen LogP contribution in [0.25, 0.3) is 11.1 Å². The number of aromatic nitrogens is 2. The van der Waals surface area contributed by atoms with Gasteiger partial charge in [0.2, 0.25) is 0 Å². The average molecular weight is 630 g/mol.